The summed E-state index contributed by atoms with van der Waals surface area (Å²) < 4.78 is 4.96. The molecule has 0 aromatic heterocycles. The Hall–Kier alpha value is -1.82. The van der Waals surface area contributed by atoms with Gasteiger partial charge in [-0.2, -0.15) is 0 Å². The number of nitrogens with two attached hydrogens (primary N) is 1. The van der Waals surface area contributed by atoms with E-state index in [9.17, 15) is 4.79 Å². The van der Waals surface area contributed by atoms with Crippen LogP contribution < -0.4 is 5.73 Å². The summed E-state index contributed by atoms with van der Waals surface area (Å²) in [5.41, 5.74) is 5.77. The fraction of sp³-hybridized carbons (Fsp3) is 0.333. The van der Waals surface area contributed by atoms with Gasteiger partial charge >= 0.3 is 6.02 Å². The minimum Gasteiger partial charge on any atom is -0.467 e. The number of carbonyl (C=O) groups is 1. The van der Waals surface area contributed by atoms with Crippen molar-refractivity contribution in [3.63, 3.8) is 0 Å². The molecular formula is C9H13N3O3. The number of amidine groups is 1. The van der Waals surface area contributed by atoms with Crippen molar-refractivity contribution >= 4 is 11.9 Å². The largest absolute Gasteiger partial charge is 0.467 e. The zero-order chi connectivity index (χ0) is 11.3. The summed E-state index contributed by atoms with van der Waals surface area (Å²) in [7, 11) is 3.01. The van der Waals surface area contributed by atoms with E-state index in [4.69, 9.17) is 15.3 Å². The van der Waals surface area contributed by atoms with Crippen molar-refractivity contribution in [2.45, 2.75) is 0 Å². The molecule has 0 fully saturated rings. The summed E-state index contributed by atoms with van der Waals surface area (Å²) in [4.78, 5) is 19.5. The fourth-order valence-electron chi connectivity index (χ4n) is 1.06. The van der Waals surface area contributed by atoms with E-state index in [1.807, 2.05) is 0 Å². The van der Waals surface area contributed by atoms with E-state index in [1.54, 1.807) is 12.3 Å². The Morgan fingerprint density at radius 1 is 1.67 bits per heavy atom. The number of hydroxylamine groups is 2. The molecule has 0 aliphatic carbocycles. The molecule has 1 aliphatic rings. The molecular weight excluding hydrogens is 198 g/mol. The first kappa shape index (κ1) is 11.3. The van der Waals surface area contributed by atoms with Crippen molar-refractivity contribution in [2.24, 2.45) is 10.7 Å². The van der Waals surface area contributed by atoms with Crippen LogP contribution in [0.1, 0.15) is 0 Å². The summed E-state index contributed by atoms with van der Waals surface area (Å²) in [6.45, 7) is 0.451. The monoisotopic (exact) mass is 211 g/mol. The quantitative estimate of drug-likeness (QED) is 0.655. The SMILES string of the molecule is COC1=NC=C(/C=C/C(N)=O)CN1OC. The molecule has 0 aromatic carbocycles. The molecule has 0 spiro atoms. The van der Waals surface area contributed by atoms with Crippen LogP contribution >= 0.6 is 0 Å². The maximum absolute atomic E-state index is 10.5. The Kier molecular flexibility index (Phi) is 3.87. The van der Waals surface area contributed by atoms with Crippen molar-refractivity contribution in [3.8, 4) is 0 Å². The molecule has 0 radical (unpaired) electrons. The fourth-order valence-corrected chi connectivity index (χ4v) is 1.06. The minimum atomic E-state index is -0.499. The lowest BCUT2D eigenvalue weighted by Crippen LogP contribution is -2.34. The number of amides is 1. The van der Waals surface area contributed by atoms with E-state index in [0.29, 0.717) is 12.6 Å². The Morgan fingerprint density at radius 3 is 2.93 bits per heavy atom. The molecule has 0 aromatic rings. The smallest absolute Gasteiger partial charge is 0.316 e. The second-order valence-corrected chi connectivity index (χ2v) is 2.77. The van der Waals surface area contributed by atoms with Gasteiger partial charge in [0.15, 0.2) is 0 Å². The number of nitrogens with zero attached hydrogens (tertiary/aromatic N) is 2. The molecule has 0 saturated heterocycles. The number of rotatable bonds is 3. The van der Waals surface area contributed by atoms with Gasteiger partial charge in [0, 0.05) is 12.3 Å². The minimum absolute atomic E-state index is 0.369. The molecule has 1 amide bonds. The third kappa shape index (κ3) is 3.10. The third-order valence-corrected chi connectivity index (χ3v) is 1.74. The second-order valence-electron chi connectivity index (χ2n) is 2.77. The summed E-state index contributed by atoms with van der Waals surface area (Å²) in [6, 6.07) is 0.369. The average Bonchev–Trinajstić information content (AvgIpc) is 2.25. The van der Waals surface area contributed by atoms with Gasteiger partial charge < -0.3 is 10.5 Å². The predicted octanol–water partition coefficient (Wildman–Crippen LogP) is -0.209. The highest BCUT2D eigenvalue weighted by Crippen LogP contribution is 2.09. The summed E-state index contributed by atoms with van der Waals surface area (Å²) >= 11 is 0. The Labute approximate surface area is 87.6 Å². The lowest BCUT2D eigenvalue weighted by molar-refractivity contribution is -0.113. The van der Waals surface area contributed by atoms with Gasteiger partial charge in [0.05, 0.1) is 20.8 Å². The highest BCUT2D eigenvalue weighted by Gasteiger charge is 2.16. The molecule has 1 rings (SSSR count). The van der Waals surface area contributed by atoms with Crippen molar-refractivity contribution in [3.05, 3.63) is 23.9 Å². The van der Waals surface area contributed by atoms with Crippen LogP contribution in [0, 0.1) is 0 Å². The molecule has 0 atom stereocenters. The molecule has 0 unspecified atom stereocenters. The molecule has 0 saturated carbocycles. The standard InChI is InChI=1S/C9H13N3O3/c1-14-9-11-5-7(3-4-8(10)13)6-12(9)15-2/h3-5H,6H2,1-2H3,(H2,10,13)/b4-3+. The van der Waals surface area contributed by atoms with E-state index < -0.39 is 5.91 Å². The average molecular weight is 211 g/mol. The number of methoxy groups -OCH3 is 1. The van der Waals surface area contributed by atoms with Crippen LogP contribution in [-0.4, -0.2) is 37.8 Å². The zero-order valence-electron chi connectivity index (χ0n) is 8.64. The van der Waals surface area contributed by atoms with Crippen molar-refractivity contribution in [1.82, 2.24) is 5.06 Å². The van der Waals surface area contributed by atoms with E-state index >= 15 is 0 Å². The topological polar surface area (TPSA) is 77.2 Å². The maximum Gasteiger partial charge on any atom is 0.316 e. The molecule has 15 heavy (non-hydrogen) atoms. The van der Waals surface area contributed by atoms with Crippen LogP contribution in [0.5, 0.6) is 0 Å². The van der Waals surface area contributed by atoms with Crippen molar-refractivity contribution in [1.29, 1.82) is 0 Å². The van der Waals surface area contributed by atoms with Gasteiger partial charge in [0.2, 0.25) is 5.91 Å². The lowest BCUT2D eigenvalue weighted by atomic mass is 10.2. The molecule has 1 heterocycles. The lowest BCUT2D eigenvalue weighted by Gasteiger charge is -2.24. The number of ether oxygens (including phenoxy) is 1. The zero-order valence-corrected chi connectivity index (χ0v) is 8.64. The first-order valence-electron chi connectivity index (χ1n) is 4.27. The van der Waals surface area contributed by atoms with Crippen molar-refractivity contribution in [2.75, 3.05) is 20.8 Å². The Balaban J connectivity index is 2.74. The third-order valence-electron chi connectivity index (χ3n) is 1.74. The predicted molar refractivity (Wildman–Crippen MR) is 54.6 cm³/mol. The van der Waals surface area contributed by atoms with Gasteiger partial charge in [-0.15, -0.1) is 0 Å². The van der Waals surface area contributed by atoms with Gasteiger partial charge in [0.1, 0.15) is 0 Å². The van der Waals surface area contributed by atoms with Gasteiger partial charge in [-0.1, -0.05) is 6.08 Å². The number of aliphatic imine (C=N–C) groups is 1. The van der Waals surface area contributed by atoms with Crippen LogP contribution in [0.25, 0.3) is 0 Å². The van der Waals surface area contributed by atoms with E-state index in [-0.39, 0.29) is 0 Å². The first-order chi connectivity index (χ1) is 7.17. The summed E-state index contributed by atoms with van der Waals surface area (Å²) in [6.07, 6.45) is 4.45. The van der Waals surface area contributed by atoms with Crippen LogP contribution in [0.3, 0.4) is 0 Å². The molecule has 6 nitrogen and oxygen atoms in total. The van der Waals surface area contributed by atoms with Crippen LogP contribution in [-0.2, 0) is 14.4 Å². The highest BCUT2D eigenvalue weighted by molar-refractivity contribution is 5.86. The molecule has 6 heteroatoms. The van der Waals surface area contributed by atoms with Crippen LogP contribution in [0.2, 0.25) is 0 Å². The maximum atomic E-state index is 10.5. The summed E-state index contributed by atoms with van der Waals surface area (Å²) in [5.74, 6) is -0.499. The van der Waals surface area contributed by atoms with E-state index in [1.165, 1.54) is 25.4 Å². The Bertz CT molecular complexity index is 333. The van der Waals surface area contributed by atoms with E-state index in [0.717, 1.165) is 5.57 Å². The number of hydrogen-bond donors (Lipinski definition) is 1. The molecule has 82 valence electrons. The van der Waals surface area contributed by atoms with Gasteiger partial charge in [0.25, 0.3) is 0 Å². The van der Waals surface area contributed by atoms with Crippen LogP contribution in [0.15, 0.2) is 28.9 Å². The first-order valence-corrected chi connectivity index (χ1v) is 4.27. The number of hydrogen-bond acceptors (Lipinski definition) is 5. The normalized spacial score (nSPS) is 16.3. The molecule has 1 aliphatic heterocycles. The Morgan fingerprint density at radius 2 is 2.40 bits per heavy atom. The molecule has 2 N–H and O–H groups in total. The molecule has 0 bridgehead atoms. The number of primary amides is 1. The van der Waals surface area contributed by atoms with Gasteiger partial charge in [-0.25, -0.2) is 10.1 Å². The van der Waals surface area contributed by atoms with Crippen molar-refractivity contribution < 1.29 is 14.4 Å². The number of carbonyl (C=O) groups excluding carboxylic acids is 1. The van der Waals surface area contributed by atoms with E-state index in [2.05, 4.69) is 4.99 Å². The van der Waals surface area contributed by atoms with Crippen LogP contribution in [0.4, 0.5) is 0 Å². The van der Waals surface area contributed by atoms with Gasteiger partial charge in [-0.05, 0) is 5.57 Å². The highest BCUT2D eigenvalue weighted by atomic mass is 16.7. The second kappa shape index (κ2) is 5.16. The summed E-state index contributed by atoms with van der Waals surface area (Å²) in [5, 5.41) is 1.46. The van der Waals surface area contributed by atoms with Gasteiger partial charge in [-0.3, -0.25) is 9.63 Å².